The van der Waals surface area contributed by atoms with Crippen molar-refractivity contribution < 1.29 is 0 Å². The summed E-state index contributed by atoms with van der Waals surface area (Å²) in [4.78, 5) is 4.49. The van der Waals surface area contributed by atoms with Gasteiger partial charge < -0.3 is 5.32 Å². The zero-order chi connectivity index (χ0) is 12.2. The number of nitrogens with one attached hydrogen (secondary N) is 2. The molecular weight excluding hydrogens is 224 g/mol. The van der Waals surface area contributed by atoms with Crippen molar-refractivity contribution in [2.24, 2.45) is 0 Å². The van der Waals surface area contributed by atoms with Gasteiger partial charge in [-0.15, -0.1) is 5.10 Å². The van der Waals surface area contributed by atoms with Crippen LogP contribution in [0.25, 0.3) is 0 Å². The predicted molar refractivity (Wildman–Crippen MR) is 71.5 cm³/mol. The third-order valence-corrected chi connectivity index (χ3v) is 3.43. The Bertz CT molecular complexity index is 486. The lowest BCUT2D eigenvalue weighted by Gasteiger charge is -2.08. The summed E-state index contributed by atoms with van der Waals surface area (Å²) in [6, 6.07) is 10.9. The zero-order valence-electron chi connectivity index (χ0n) is 10.4. The second-order valence-electron chi connectivity index (χ2n) is 4.89. The lowest BCUT2D eigenvalue weighted by molar-refractivity contribution is 0.745. The number of aromatic amines is 1. The van der Waals surface area contributed by atoms with Crippen molar-refractivity contribution in [1.82, 2.24) is 15.2 Å². The first-order valence-corrected chi connectivity index (χ1v) is 6.62. The summed E-state index contributed by atoms with van der Waals surface area (Å²) in [6.07, 6.45) is 5.92. The SMILES string of the molecule is c1ccc(Cc2nc(NC3CCCC3)n[nH]2)cc1. The molecule has 0 atom stereocenters. The molecule has 0 aliphatic heterocycles. The lowest BCUT2D eigenvalue weighted by Crippen LogP contribution is -2.15. The monoisotopic (exact) mass is 242 g/mol. The molecule has 0 spiro atoms. The first kappa shape index (κ1) is 11.3. The van der Waals surface area contributed by atoms with E-state index in [-0.39, 0.29) is 0 Å². The van der Waals surface area contributed by atoms with Crippen LogP contribution in [0.1, 0.15) is 37.1 Å². The zero-order valence-corrected chi connectivity index (χ0v) is 10.4. The minimum atomic E-state index is 0.561. The molecule has 0 radical (unpaired) electrons. The quantitative estimate of drug-likeness (QED) is 0.866. The highest BCUT2D eigenvalue weighted by Crippen LogP contribution is 2.20. The fourth-order valence-electron chi connectivity index (χ4n) is 2.48. The van der Waals surface area contributed by atoms with E-state index in [0.717, 1.165) is 18.2 Å². The second kappa shape index (κ2) is 5.21. The van der Waals surface area contributed by atoms with Crippen LogP contribution in [0.4, 0.5) is 5.95 Å². The highest BCUT2D eigenvalue weighted by Gasteiger charge is 2.16. The van der Waals surface area contributed by atoms with Crippen molar-refractivity contribution in [3.05, 3.63) is 41.7 Å². The number of rotatable bonds is 4. The molecule has 1 fully saturated rings. The number of hydrogen-bond acceptors (Lipinski definition) is 3. The van der Waals surface area contributed by atoms with Gasteiger partial charge in [0.05, 0.1) is 0 Å². The van der Waals surface area contributed by atoms with Gasteiger partial charge in [0.25, 0.3) is 0 Å². The molecule has 94 valence electrons. The Kier molecular flexibility index (Phi) is 3.26. The average Bonchev–Trinajstić information content (AvgIpc) is 3.03. The van der Waals surface area contributed by atoms with Crippen LogP contribution in [0.15, 0.2) is 30.3 Å². The molecule has 3 rings (SSSR count). The Balaban J connectivity index is 1.62. The van der Waals surface area contributed by atoms with Gasteiger partial charge in [-0.05, 0) is 18.4 Å². The molecule has 1 aliphatic rings. The van der Waals surface area contributed by atoms with E-state index in [1.807, 2.05) is 18.2 Å². The number of hydrogen-bond donors (Lipinski definition) is 2. The fourth-order valence-corrected chi connectivity index (χ4v) is 2.48. The van der Waals surface area contributed by atoms with Crippen LogP contribution in [0.5, 0.6) is 0 Å². The van der Waals surface area contributed by atoms with E-state index < -0.39 is 0 Å². The van der Waals surface area contributed by atoms with E-state index in [1.165, 1.54) is 31.2 Å². The molecule has 4 nitrogen and oxygen atoms in total. The van der Waals surface area contributed by atoms with Gasteiger partial charge in [0.1, 0.15) is 5.82 Å². The first-order chi connectivity index (χ1) is 8.90. The van der Waals surface area contributed by atoms with Crippen LogP contribution in [0.3, 0.4) is 0 Å². The Morgan fingerprint density at radius 2 is 1.94 bits per heavy atom. The molecule has 0 bridgehead atoms. The molecule has 0 unspecified atom stereocenters. The number of anilines is 1. The highest BCUT2D eigenvalue weighted by atomic mass is 15.3. The third kappa shape index (κ3) is 2.70. The van der Waals surface area contributed by atoms with E-state index in [0.29, 0.717) is 6.04 Å². The smallest absolute Gasteiger partial charge is 0.242 e. The Morgan fingerprint density at radius 1 is 1.17 bits per heavy atom. The van der Waals surface area contributed by atoms with Crippen LogP contribution < -0.4 is 5.32 Å². The van der Waals surface area contributed by atoms with Crippen LogP contribution >= 0.6 is 0 Å². The topological polar surface area (TPSA) is 53.6 Å². The van der Waals surface area contributed by atoms with Crippen LogP contribution in [0, 0.1) is 0 Å². The number of H-pyrrole nitrogens is 1. The predicted octanol–water partition coefficient (Wildman–Crippen LogP) is 2.75. The van der Waals surface area contributed by atoms with Crippen molar-refractivity contribution in [2.75, 3.05) is 5.32 Å². The maximum Gasteiger partial charge on any atom is 0.242 e. The molecule has 2 aromatic rings. The molecule has 0 amide bonds. The molecule has 4 heteroatoms. The average molecular weight is 242 g/mol. The van der Waals surface area contributed by atoms with Crippen LogP contribution in [-0.4, -0.2) is 21.2 Å². The summed E-state index contributed by atoms with van der Waals surface area (Å²) < 4.78 is 0. The lowest BCUT2D eigenvalue weighted by atomic mass is 10.1. The third-order valence-electron chi connectivity index (χ3n) is 3.43. The molecule has 1 aromatic carbocycles. The van der Waals surface area contributed by atoms with E-state index in [4.69, 9.17) is 0 Å². The van der Waals surface area contributed by atoms with Gasteiger partial charge in [0, 0.05) is 12.5 Å². The minimum absolute atomic E-state index is 0.561. The molecule has 0 saturated heterocycles. The van der Waals surface area contributed by atoms with E-state index in [2.05, 4.69) is 32.6 Å². The van der Waals surface area contributed by atoms with Gasteiger partial charge in [0.15, 0.2) is 0 Å². The molecule has 1 aliphatic carbocycles. The summed E-state index contributed by atoms with van der Waals surface area (Å²) in [6.45, 7) is 0. The standard InChI is InChI=1S/C14H18N4/c1-2-6-11(7-3-1)10-13-16-14(18-17-13)15-12-8-4-5-9-12/h1-3,6-7,12H,4-5,8-10H2,(H2,15,16,17,18). The Morgan fingerprint density at radius 3 is 2.72 bits per heavy atom. The fraction of sp³-hybridized carbons (Fsp3) is 0.429. The number of nitrogens with zero attached hydrogens (tertiary/aromatic N) is 2. The van der Waals surface area contributed by atoms with Gasteiger partial charge in [-0.25, -0.2) is 0 Å². The molecular formula is C14H18N4. The van der Waals surface area contributed by atoms with Crippen molar-refractivity contribution in [3.8, 4) is 0 Å². The molecule has 1 heterocycles. The highest BCUT2D eigenvalue weighted by molar-refractivity contribution is 5.27. The van der Waals surface area contributed by atoms with Crippen LogP contribution in [-0.2, 0) is 6.42 Å². The maximum absolute atomic E-state index is 4.49. The normalized spacial score (nSPS) is 16.0. The van der Waals surface area contributed by atoms with Gasteiger partial charge >= 0.3 is 0 Å². The Hall–Kier alpha value is -1.84. The summed E-state index contributed by atoms with van der Waals surface area (Å²) in [5.41, 5.74) is 1.25. The van der Waals surface area contributed by atoms with Gasteiger partial charge in [0.2, 0.25) is 5.95 Å². The number of benzene rings is 1. The van der Waals surface area contributed by atoms with E-state index in [1.54, 1.807) is 0 Å². The van der Waals surface area contributed by atoms with Gasteiger partial charge in [-0.2, -0.15) is 4.98 Å². The summed E-state index contributed by atoms with van der Waals surface area (Å²) in [5, 5.41) is 10.6. The summed E-state index contributed by atoms with van der Waals surface area (Å²) in [5.74, 6) is 1.66. The summed E-state index contributed by atoms with van der Waals surface area (Å²) in [7, 11) is 0. The number of aromatic nitrogens is 3. The maximum atomic E-state index is 4.49. The molecule has 18 heavy (non-hydrogen) atoms. The van der Waals surface area contributed by atoms with Crippen molar-refractivity contribution in [2.45, 2.75) is 38.1 Å². The van der Waals surface area contributed by atoms with Gasteiger partial charge in [-0.1, -0.05) is 43.2 Å². The van der Waals surface area contributed by atoms with Crippen molar-refractivity contribution in [3.63, 3.8) is 0 Å². The summed E-state index contributed by atoms with van der Waals surface area (Å²) >= 11 is 0. The minimum Gasteiger partial charge on any atom is -0.350 e. The van der Waals surface area contributed by atoms with Crippen molar-refractivity contribution in [1.29, 1.82) is 0 Å². The van der Waals surface area contributed by atoms with Gasteiger partial charge in [-0.3, -0.25) is 5.10 Å². The first-order valence-electron chi connectivity index (χ1n) is 6.62. The van der Waals surface area contributed by atoms with E-state index >= 15 is 0 Å². The van der Waals surface area contributed by atoms with E-state index in [9.17, 15) is 0 Å². The largest absolute Gasteiger partial charge is 0.350 e. The van der Waals surface area contributed by atoms with Crippen molar-refractivity contribution >= 4 is 5.95 Å². The molecule has 1 aromatic heterocycles. The van der Waals surface area contributed by atoms with Crippen LogP contribution in [0.2, 0.25) is 0 Å². The molecule has 2 N–H and O–H groups in total. The Labute approximate surface area is 107 Å². The second-order valence-corrected chi connectivity index (χ2v) is 4.89. The molecule has 1 saturated carbocycles.